The van der Waals surface area contributed by atoms with Crippen molar-refractivity contribution in [3.05, 3.63) is 58.7 Å². The van der Waals surface area contributed by atoms with E-state index in [2.05, 4.69) is 30.7 Å². The van der Waals surface area contributed by atoms with Crippen LogP contribution in [-0.4, -0.2) is 25.8 Å². The van der Waals surface area contributed by atoms with E-state index in [0.29, 0.717) is 30.7 Å². The van der Waals surface area contributed by atoms with Crippen molar-refractivity contribution in [2.24, 2.45) is 0 Å². The van der Waals surface area contributed by atoms with Crippen LogP contribution in [0.2, 0.25) is 0 Å². The molecular formula is C23H30FN5O2. The van der Waals surface area contributed by atoms with Gasteiger partial charge in [0.25, 0.3) is 0 Å². The van der Waals surface area contributed by atoms with E-state index >= 15 is 4.39 Å². The molecule has 4 N–H and O–H groups in total. The third-order valence-corrected chi connectivity index (χ3v) is 5.18. The molecule has 0 saturated carbocycles. The number of nitrogen functional groups attached to an aromatic ring is 1. The Balaban J connectivity index is 0.000000858. The molecule has 8 heteroatoms. The molecule has 0 fully saturated rings. The van der Waals surface area contributed by atoms with Gasteiger partial charge in [0.05, 0.1) is 34.2 Å². The molecule has 166 valence electrons. The van der Waals surface area contributed by atoms with Gasteiger partial charge < -0.3 is 25.3 Å². The van der Waals surface area contributed by atoms with Crippen molar-refractivity contribution in [1.29, 1.82) is 0 Å². The smallest absolute Gasteiger partial charge is 0.202 e. The van der Waals surface area contributed by atoms with Crippen molar-refractivity contribution in [3.63, 3.8) is 0 Å². The van der Waals surface area contributed by atoms with Gasteiger partial charge in [-0.15, -0.1) is 0 Å². The summed E-state index contributed by atoms with van der Waals surface area (Å²) in [6.45, 7) is 9.67. The number of hydrogen-bond donors (Lipinski definition) is 3. The first-order valence-electron chi connectivity index (χ1n) is 10.6. The average Bonchev–Trinajstić information content (AvgIpc) is 3.25. The second kappa shape index (κ2) is 9.68. The van der Waals surface area contributed by atoms with Gasteiger partial charge in [-0.2, -0.15) is 0 Å². The molecule has 0 saturated heterocycles. The fourth-order valence-corrected chi connectivity index (χ4v) is 3.86. The summed E-state index contributed by atoms with van der Waals surface area (Å²) in [6, 6.07) is 0. The highest BCUT2D eigenvalue weighted by atomic mass is 19.1. The maximum Gasteiger partial charge on any atom is 0.202 e. The van der Waals surface area contributed by atoms with E-state index < -0.39 is 11.2 Å². The van der Waals surface area contributed by atoms with Gasteiger partial charge in [0.15, 0.2) is 5.82 Å². The Bertz CT molecular complexity index is 1140. The molecule has 3 aromatic rings. The highest BCUT2D eigenvalue weighted by Gasteiger charge is 2.25. The summed E-state index contributed by atoms with van der Waals surface area (Å²) < 4.78 is 18.9. The van der Waals surface area contributed by atoms with E-state index in [1.54, 1.807) is 18.7 Å². The molecular weight excluding hydrogens is 397 g/mol. The van der Waals surface area contributed by atoms with Crippen LogP contribution >= 0.6 is 0 Å². The second-order valence-electron chi connectivity index (χ2n) is 7.71. The zero-order chi connectivity index (χ0) is 22.5. The van der Waals surface area contributed by atoms with Crippen molar-refractivity contribution >= 4 is 28.0 Å². The van der Waals surface area contributed by atoms with Crippen LogP contribution in [0.4, 0.5) is 15.8 Å². The van der Waals surface area contributed by atoms with Gasteiger partial charge in [-0.25, -0.2) is 9.37 Å². The molecule has 0 unspecified atom stereocenters. The first kappa shape index (κ1) is 22.4. The first-order chi connectivity index (χ1) is 14.9. The summed E-state index contributed by atoms with van der Waals surface area (Å²) in [7, 11) is 0. The standard InChI is InChI=1S/C20H22FN5O2.C3H8/c1-12(27)14-10-26-8-2-4-13-18(24-5-3-7-25-9-6-23-11-25)16(21)17(22)15(19(13)26)20(14)28;1-3-2/h6,9-11,24,27H,1-5,7-8,22H2;3H2,1-2H3. The number of halogens is 1. The van der Waals surface area contributed by atoms with Crippen LogP contribution in [0.5, 0.6) is 0 Å². The van der Waals surface area contributed by atoms with Gasteiger partial charge >= 0.3 is 0 Å². The number of aliphatic hydroxyl groups excluding tert-OH is 1. The minimum Gasteiger partial charge on any atom is -0.508 e. The van der Waals surface area contributed by atoms with Crippen molar-refractivity contribution < 1.29 is 9.50 Å². The summed E-state index contributed by atoms with van der Waals surface area (Å²) in [5, 5.41) is 13.0. The molecule has 2 aromatic heterocycles. The number of benzene rings is 1. The second-order valence-corrected chi connectivity index (χ2v) is 7.71. The summed E-state index contributed by atoms with van der Waals surface area (Å²) in [5.74, 6) is -0.958. The first-order valence-corrected chi connectivity index (χ1v) is 10.6. The number of hydrogen-bond acceptors (Lipinski definition) is 5. The van der Waals surface area contributed by atoms with Crippen molar-refractivity contribution in [2.75, 3.05) is 17.6 Å². The summed E-state index contributed by atoms with van der Waals surface area (Å²) in [4.78, 5) is 16.8. The predicted molar refractivity (Wildman–Crippen MR) is 124 cm³/mol. The number of pyridine rings is 1. The van der Waals surface area contributed by atoms with Gasteiger partial charge in [0.2, 0.25) is 5.43 Å². The Morgan fingerprint density at radius 3 is 2.81 bits per heavy atom. The Labute approximate surface area is 181 Å². The lowest BCUT2D eigenvalue weighted by Gasteiger charge is -2.25. The molecule has 1 aromatic carbocycles. The molecule has 4 rings (SSSR count). The van der Waals surface area contributed by atoms with Crippen molar-refractivity contribution in [3.8, 4) is 0 Å². The van der Waals surface area contributed by atoms with Crippen LogP contribution in [0.15, 0.2) is 36.3 Å². The van der Waals surface area contributed by atoms with E-state index in [-0.39, 0.29) is 22.4 Å². The molecule has 0 spiro atoms. The molecule has 0 bridgehead atoms. The number of aromatic nitrogens is 3. The predicted octanol–water partition coefficient (Wildman–Crippen LogP) is 4.31. The van der Waals surface area contributed by atoms with Gasteiger partial charge in [-0.1, -0.05) is 26.8 Å². The Kier molecular flexibility index (Phi) is 6.99. The van der Waals surface area contributed by atoms with E-state index in [9.17, 15) is 9.90 Å². The molecule has 31 heavy (non-hydrogen) atoms. The monoisotopic (exact) mass is 427 g/mol. The van der Waals surface area contributed by atoms with Gasteiger partial charge in [-0.05, 0) is 19.3 Å². The molecule has 7 nitrogen and oxygen atoms in total. The van der Waals surface area contributed by atoms with Gasteiger partial charge in [-0.3, -0.25) is 4.79 Å². The zero-order valence-corrected chi connectivity index (χ0v) is 18.1. The van der Waals surface area contributed by atoms with E-state index in [0.717, 1.165) is 24.9 Å². The molecule has 0 radical (unpaired) electrons. The lowest BCUT2D eigenvalue weighted by molar-refractivity contribution is 0.511. The number of aliphatic hydroxyl groups is 1. The van der Waals surface area contributed by atoms with Crippen LogP contribution in [-0.2, 0) is 19.5 Å². The zero-order valence-electron chi connectivity index (χ0n) is 18.1. The average molecular weight is 428 g/mol. The molecule has 1 aliphatic heterocycles. The number of aryl methyl sites for hydroxylation is 3. The van der Waals surface area contributed by atoms with Crippen molar-refractivity contribution in [1.82, 2.24) is 14.1 Å². The normalized spacial score (nSPS) is 12.4. The Morgan fingerprint density at radius 2 is 2.16 bits per heavy atom. The number of nitrogens with one attached hydrogen (secondary N) is 1. The topological polar surface area (TPSA) is 98.1 Å². The van der Waals surface area contributed by atoms with E-state index in [1.807, 2.05) is 15.3 Å². The fourth-order valence-electron chi connectivity index (χ4n) is 3.86. The van der Waals surface area contributed by atoms with Crippen LogP contribution in [0, 0.1) is 5.82 Å². The molecule has 0 atom stereocenters. The third-order valence-electron chi connectivity index (χ3n) is 5.18. The number of anilines is 2. The minimum atomic E-state index is -0.614. The lowest BCUT2D eigenvalue weighted by atomic mass is 9.95. The van der Waals surface area contributed by atoms with Crippen LogP contribution in [0.3, 0.4) is 0 Å². The molecule has 0 aliphatic carbocycles. The highest BCUT2D eigenvalue weighted by Crippen LogP contribution is 2.37. The summed E-state index contributed by atoms with van der Waals surface area (Å²) in [5.41, 5.74) is 7.14. The number of imidazole rings is 1. The molecule has 3 heterocycles. The van der Waals surface area contributed by atoms with Crippen molar-refractivity contribution in [2.45, 2.75) is 52.6 Å². The highest BCUT2D eigenvalue weighted by molar-refractivity contribution is 5.98. The Morgan fingerprint density at radius 1 is 1.42 bits per heavy atom. The summed E-state index contributed by atoms with van der Waals surface area (Å²) in [6.07, 6.45) is 10.4. The number of rotatable bonds is 6. The molecule has 1 aliphatic rings. The van der Waals surface area contributed by atoms with Crippen LogP contribution in [0.25, 0.3) is 16.7 Å². The maximum atomic E-state index is 15.1. The third kappa shape index (κ3) is 4.42. The summed E-state index contributed by atoms with van der Waals surface area (Å²) >= 11 is 0. The lowest BCUT2D eigenvalue weighted by Crippen LogP contribution is -2.22. The SMILES string of the molecule is C=C(O)c1cn2c3c(c(NCCCn4ccnc4)c(F)c(N)c3c1=O)CCC2.CCC. The van der Waals surface area contributed by atoms with E-state index in [1.165, 1.54) is 6.42 Å². The fraction of sp³-hybridized carbons (Fsp3) is 0.391. The number of nitrogens with two attached hydrogens (primary N) is 1. The van der Waals surface area contributed by atoms with Crippen LogP contribution < -0.4 is 16.5 Å². The van der Waals surface area contributed by atoms with Gasteiger partial charge in [0, 0.05) is 43.8 Å². The van der Waals surface area contributed by atoms with Crippen LogP contribution in [0.1, 0.15) is 44.2 Å². The molecule has 0 amide bonds. The maximum absolute atomic E-state index is 15.1. The van der Waals surface area contributed by atoms with E-state index in [4.69, 9.17) is 5.73 Å². The number of nitrogens with zero attached hydrogens (tertiary/aromatic N) is 3. The minimum absolute atomic E-state index is 0.0486. The largest absolute Gasteiger partial charge is 0.508 e. The Hall–Kier alpha value is -3.29. The van der Waals surface area contributed by atoms with Gasteiger partial charge in [0.1, 0.15) is 5.76 Å². The quantitative estimate of drug-likeness (QED) is 0.309.